The Balaban J connectivity index is 0.901. The zero-order chi connectivity index (χ0) is 53.7. The lowest BCUT2D eigenvalue weighted by molar-refractivity contribution is -0.108. The molecule has 9 aromatic rings. The second-order valence-electron chi connectivity index (χ2n) is 20.0. The van der Waals surface area contributed by atoms with Crippen molar-refractivity contribution < 1.29 is 9.59 Å². The number of fused-ring (bicyclic) bond motifs is 4. The van der Waals surface area contributed by atoms with Crippen molar-refractivity contribution in [3.63, 3.8) is 0 Å². The van der Waals surface area contributed by atoms with Crippen LogP contribution in [0.25, 0.3) is 51.4 Å². The molecule has 3 aliphatic rings. The lowest BCUT2D eigenvalue weighted by Gasteiger charge is -2.35. The second-order valence-corrected chi connectivity index (χ2v) is 20.0. The molecule has 0 aliphatic heterocycles. The zero-order valence-corrected chi connectivity index (χ0v) is 44.2. The first-order valence-corrected chi connectivity index (χ1v) is 27.0. The van der Waals surface area contributed by atoms with Gasteiger partial charge in [-0.2, -0.15) is 0 Å². The first-order chi connectivity index (χ1) is 39.0. The standard InChI is InChI=1S/C72H59N5O2/c1-3-5-8-25-65-48-55(69(18-4-2)75(65)60-26-17-19-53(51-78)29-32-60)45-47-73(57-21-9-6-10-22-57)58-35-37-61(38-36-58)74(59-23-11-7-12-24-59)62-39-41-64(42-40-62)77(72-46-16-15-20-56(72)50-72)66-43-44-71-68(49-66)67-27-13-14-28-70(67)76(71)63-33-30-54(52-79)31-34-63/h3-49,51-53,56H,50H2,1-2H3/b5-3-,18-4-,25-8-,47-45+. The third-order valence-electron chi connectivity index (χ3n) is 15.2. The van der Waals surface area contributed by atoms with Gasteiger partial charge < -0.3 is 28.6 Å². The average molecular weight is 1030 g/mol. The maximum Gasteiger partial charge on any atom is 0.150 e. The van der Waals surface area contributed by atoms with Crippen LogP contribution in [0.15, 0.2) is 267 Å². The van der Waals surface area contributed by atoms with E-state index in [0.29, 0.717) is 11.5 Å². The number of aromatic nitrogens is 2. The summed E-state index contributed by atoms with van der Waals surface area (Å²) < 4.78 is 4.54. The van der Waals surface area contributed by atoms with Gasteiger partial charge in [0.05, 0.1) is 28.2 Å². The highest BCUT2D eigenvalue weighted by molar-refractivity contribution is 6.10. The molecule has 0 N–H and O–H groups in total. The summed E-state index contributed by atoms with van der Waals surface area (Å²) in [6.45, 7) is 4.05. The molecule has 12 rings (SSSR count). The number of carbonyl (C=O) groups excluding carboxylic acids is 2. The van der Waals surface area contributed by atoms with Crippen LogP contribution in [0.3, 0.4) is 0 Å². The molecule has 0 radical (unpaired) electrons. The van der Waals surface area contributed by atoms with Crippen LogP contribution in [0, 0.1) is 11.8 Å². The Morgan fingerprint density at radius 3 is 1.91 bits per heavy atom. The molecule has 2 aromatic heterocycles. The van der Waals surface area contributed by atoms with Crippen molar-refractivity contribution in [2.24, 2.45) is 11.8 Å². The number of nitrogens with zero attached hydrogens (tertiary/aromatic N) is 5. The molecule has 2 heterocycles. The molecule has 79 heavy (non-hydrogen) atoms. The van der Waals surface area contributed by atoms with Crippen molar-refractivity contribution in [2.75, 3.05) is 14.7 Å². The minimum Gasteiger partial charge on any atom is -0.331 e. The van der Waals surface area contributed by atoms with Crippen molar-refractivity contribution in [2.45, 2.75) is 25.8 Å². The number of aldehydes is 2. The van der Waals surface area contributed by atoms with Gasteiger partial charge in [0, 0.05) is 90.9 Å². The van der Waals surface area contributed by atoms with E-state index in [9.17, 15) is 9.59 Å². The third-order valence-corrected chi connectivity index (χ3v) is 15.2. The van der Waals surface area contributed by atoms with E-state index in [4.69, 9.17) is 0 Å². The molecule has 3 atom stereocenters. The molecule has 0 spiro atoms. The zero-order valence-electron chi connectivity index (χ0n) is 44.2. The molecule has 3 aliphatic carbocycles. The monoisotopic (exact) mass is 1030 g/mol. The van der Waals surface area contributed by atoms with Gasteiger partial charge in [-0.25, -0.2) is 0 Å². The summed E-state index contributed by atoms with van der Waals surface area (Å²) in [7, 11) is 0. The highest BCUT2D eigenvalue weighted by Crippen LogP contribution is 2.57. The topological polar surface area (TPSA) is 53.7 Å². The molecule has 0 bridgehead atoms. The van der Waals surface area contributed by atoms with E-state index in [2.05, 4.69) is 242 Å². The molecule has 7 aromatic carbocycles. The summed E-state index contributed by atoms with van der Waals surface area (Å²) in [5.41, 5.74) is 15.2. The molecule has 3 unspecified atom stereocenters. The number of hydrogen-bond acceptors (Lipinski definition) is 5. The molecule has 1 saturated carbocycles. The van der Waals surface area contributed by atoms with E-state index in [1.165, 1.54) is 10.8 Å². The van der Waals surface area contributed by atoms with Crippen LogP contribution in [-0.4, -0.2) is 27.2 Å². The van der Waals surface area contributed by atoms with Crippen LogP contribution in [0.5, 0.6) is 0 Å². The molecular formula is C72H59N5O2. The maximum atomic E-state index is 11.8. The van der Waals surface area contributed by atoms with Gasteiger partial charge in [0.2, 0.25) is 0 Å². The first kappa shape index (κ1) is 49.9. The van der Waals surface area contributed by atoms with Gasteiger partial charge in [-0.15, -0.1) is 0 Å². The number of anilines is 7. The molecule has 0 amide bonds. The van der Waals surface area contributed by atoms with Crippen molar-refractivity contribution in [3.8, 4) is 5.69 Å². The van der Waals surface area contributed by atoms with E-state index in [0.717, 1.165) is 98.2 Å². The predicted molar refractivity (Wildman–Crippen MR) is 331 cm³/mol. The number of para-hydroxylation sites is 3. The fraction of sp³-hybridized carbons (Fsp3) is 0.0833. The summed E-state index contributed by atoms with van der Waals surface area (Å²) in [4.78, 5) is 30.4. The lowest BCUT2D eigenvalue weighted by Crippen LogP contribution is -2.34. The van der Waals surface area contributed by atoms with Crippen LogP contribution in [0.2, 0.25) is 0 Å². The quantitative estimate of drug-likeness (QED) is 0.0672. The summed E-state index contributed by atoms with van der Waals surface area (Å²) in [5, 5.41) is 2.35. The lowest BCUT2D eigenvalue weighted by atomic mass is 10.0. The van der Waals surface area contributed by atoms with E-state index in [-0.39, 0.29) is 11.5 Å². The van der Waals surface area contributed by atoms with E-state index < -0.39 is 0 Å². The number of rotatable bonds is 17. The Labute approximate surface area is 462 Å². The van der Waals surface area contributed by atoms with Crippen LogP contribution >= 0.6 is 0 Å². The number of carbonyl (C=O) groups is 2. The second kappa shape index (κ2) is 21.9. The average Bonchev–Trinajstić information content (AvgIpc) is 4.34. The highest BCUT2D eigenvalue weighted by atomic mass is 16.1. The van der Waals surface area contributed by atoms with Crippen molar-refractivity contribution in [3.05, 3.63) is 290 Å². The van der Waals surface area contributed by atoms with Crippen molar-refractivity contribution in [1.82, 2.24) is 9.13 Å². The van der Waals surface area contributed by atoms with Crippen molar-refractivity contribution >= 4 is 98.1 Å². The van der Waals surface area contributed by atoms with Gasteiger partial charge in [0.1, 0.15) is 12.6 Å². The van der Waals surface area contributed by atoms with Gasteiger partial charge in [-0.1, -0.05) is 121 Å². The Bertz CT molecular complexity index is 4000. The Hall–Kier alpha value is -9.98. The SMILES string of the molecule is C/C=C\C=C/c1cc(/C=C/N(c2ccccc2)c2ccc(N(c3ccccc3)c3ccc(N(c4ccc5c(c4)c4ccccc4n5-c4ccc(C=O)cc4)C45C=CC=CC4C5)cc3)cc2)c(/C=C\C)n1C1=CC=CC(C=O)C=C1. The maximum absolute atomic E-state index is 11.8. The van der Waals surface area contributed by atoms with Gasteiger partial charge in [-0.3, -0.25) is 4.79 Å². The van der Waals surface area contributed by atoms with Gasteiger partial charge in [0.15, 0.2) is 0 Å². The summed E-state index contributed by atoms with van der Waals surface area (Å²) in [6.07, 6.45) is 38.7. The molecular weight excluding hydrogens is 967 g/mol. The fourth-order valence-corrected chi connectivity index (χ4v) is 11.3. The normalized spacial score (nSPS) is 17.5. The molecule has 7 heteroatoms. The van der Waals surface area contributed by atoms with Crippen LogP contribution < -0.4 is 14.7 Å². The van der Waals surface area contributed by atoms with Gasteiger partial charge >= 0.3 is 0 Å². The predicted octanol–water partition coefficient (Wildman–Crippen LogP) is 18.1. The van der Waals surface area contributed by atoms with Crippen molar-refractivity contribution in [1.29, 1.82) is 0 Å². The number of benzene rings is 7. The van der Waals surface area contributed by atoms with E-state index in [1.54, 1.807) is 0 Å². The Kier molecular flexibility index (Phi) is 13.8. The summed E-state index contributed by atoms with van der Waals surface area (Å²) in [5.74, 6) is 0.120. The number of hydrogen-bond donors (Lipinski definition) is 0. The minimum absolute atomic E-state index is 0.187. The summed E-state index contributed by atoms with van der Waals surface area (Å²) >= 11 is 0. The Morgan fingerprint density at radius 1 is 0.544 bits per heavy atom. The van der Waals surface area contributed by atoms with Crippen LogP contribution in [0.4, 0.5) is 39.8 Å². The largest absolute Gasteiger partial charge is 0.331 e. The number of allylic oxidation sites excluding steroid dienone is 12. The summed E-state index contributed by atoms with van der Waals surface area (Å²) in [6, 6.07) is 64.4. The molecule has 384 valence electrons. The van der Waals surface area contributed by atoms with E-state index in [1.807, 2.05) is 80.6 Å². The molecule has 7 nitrogen and oxygen atoms in total. The van der Waals surface area contributed by atoms with Gasteiger partial charge in [-0.05, 0) is 178 Å². The fourth-order valence-electron chi connectivity index (χ4n) is 11.3. The van der Waals surface area contributed by atoms with Crippen LogP contribution in [0.1, 0.15) is 47.6 Å². The third kappa shape index (κ3) is 9.68. The highest BCUT2D eigenvalue weighted by Gasteiger charge is 2.56. The molecule has 1 fully saturated rings. The first-order valence-electron chi connectivity index (χ1n) is 27.0. The smallest absolute Gasteiger partial charge is 0.150 e. The van der Waals surface area contributed by atoms with E-state index >= 15 is 0 Å². The van der Waals surface area contributed by atoms with Crippen LogP contribution in [-0.2, 0) is 4.79 Å². The Morgan fingerprint density at radius 2 is 1.20 bits per heavy atom. The minimum atomic E-state index is -0.275. The molecule has 0 saturated heterocycles. The van der Waals surface area contributed by atoms with Gasteiger partial charge in [0.25, 0.3) is 0 Å².